The van der Waals surface area contributed by atoms with E-state index in [9.17, 15) is 0 Å². The summed E-state index contributed by atoms with van der Waals surface area (Å²) in [6.45, 7) is 1.14. The van der Waals surface area contributed by atoms with E-state index in [1.165, 1.54) is 0 Å². The van der Waals surface area contributed by atoms with Gasteiger partial charge in [0.25, 0.3) is 0 Å². The first kappa shape index (κ1) is 11.2. The highest BCUT2D eigenvalue weighted by Crippen LogP contribution is 2.25. The number of ether oxygens (including phenoxy) is 2. The first-order valence-electron chi connectivity index (χ1n) is 4.72. The Morgan fingerprint density at radius 1 is 1.56 bits per heavy atom. The molecule has 1 aromatic carbocycles. The number of oxime groups is 1. The van der Waals surface area contributed by atoms with Crippen LogP contribution in [0.15, 0.2) is 27.8 Å². The van der Waals surface area contributed by atoms with Crippen LogP contribution in [0.4, 0.5) is 0 Å². The molecule has 1 saturated heterocycles. The Morgan fingerprint density at radius 3 is 2.88 bits per heavy atom. The minimum absolute atomic E-state index is 0.0303. The second kappa shape index (κ2) is 4.71. The summed E-state index contributed by atoms with van der Waals surface area (Å²) in [6, 6.07) is 5.32. The predicted molar refractivity (Wildman–Crippen MR) is 61.9 cm³/mol. The van der Waals surface area contributed by atoms with Crippen molar-refractivity contribution in [1.82, 2.24) is 0 Å². The van der Waals surface area contributed by atoms with Crippen LogP contribution >= 0.6 is 15.9 Å². The highest BCUT2D eigenvalue weighted by Gasteiger charge is 2.22. The number of hydrogen-bond acceptors (Lipinski definition) is 4. The molecule has 0 spiro atoms. The van der Waals surface area contributed by atoms with Crippen LogP contribution in [-0.4, -0.2) is 30.4 Å². The van der Waals surface area contributed by atoms with E-state index in [4.69, 9.17) is 20.4 Å². The van der Waals surface area contributed by atoms with Crippen LogP contribution in [0, 0.1) is 0 Å². The molecule has 0 amide bonds. The molecule has 0 aromatic heterocycles. The van der Waals surface area contributed by atoms with Gasteiger partial charge in [-0.2, -0.15) is 0 Å². The molecular weight excluding hydrogens is 276 g/mol. The molecular formula is C10H11BrN2O3. The Labute approximate surface area is 101 Å². The molecule has 86 valence electrons. The van der Waals surface area contributed by atoms with Crippen LogP contribution in [0.25, 0.3) is 0 Å². The van der Waals surface area contributed by atoms with Crippen molar-refractivity contribution in [2.24, 2.45) is 10.9 Å². The van der Waals surface area contributed by atoms with E-state index in [1.54, 1.807) is 18.2 Å². The van der Waals surface area contributed by atoms with Crippen molar-refractivity contribution < 1.29 is 14.7 Å². The van der Waals surface area contributed by atoms with Crippen LogP contribution in [0.5, 0.6) is 5.75 Å². The Bertz CT molecular complexity index is 419. The molecule has 1 aromatic rings. The van der Waals surface area contributed by atoms with Gasteiger partial charge in [-0.05, 0) is 18.2 Å². The van der Waals surface area contributed by atoms with Crippen molar-refractivity contribution in [1.29, 1.82) is 0 Å². The number of halogens is 1. The van der Waals surface area contributed by atoms with Gasteiger partial charge in [0, 0.05) is 4.47 Å². The summed E-state index contributed by atoms with van der Waals surface area (Å²) in [5, 5.41) is 11.6. The summed E-state index contributed by atoms with van der Waals surface area (Å²) in [7, 11) is 0. The van der Waals surface area contributed by atoms with Crippen molar-refractivity contribution in [3.05, 3.63) is 28.2 Å². The molecule has 5 nitrogen and oxygen atoms in total. The van der Waals surface area contributed by atoms with Crippen LogP contribution in [0.3, 0.4) is 0 Å². The number of nitrogens with two attached hydrogens (primary N) is 1. The van der Waals surface area contributed by atoms with Crippen molar-refractivity contribution in [2.75, 3.05) is 13.2 Å². The third-order valence-corrected chi connectivity index (χ3v) is 2.72. The van der Waals surface area contributed by atoms with Crippen molar-refractivity contribution in [3.63, 3.8) is 0 Å². The summed E-state index contributed by atoms with van der Waals surface area (Å²) in [6.07, 6.45) is 0.0412. The molecule has 6 heteroatoms. The maximum absolute atomic E-state index is 8.66. The van der Waals surface area contributed by atoms with E-state index in [2.05, 4.69) is 21.1 Å². The van der Waals surface area contributed by atoms with E-state index in [1.807, 2.05) is 0 Å². The lowest BCUT2D eigenvalue weighted by molar-refractivity contribution is -0.0797. The number of amidine groups is 1. The lowest BCUT2D eigenvalue weighted by Gasteiger charge is -2.27. The normalized spacial score (nSPS) is 16.9. The number of benzene rings is 1. The number of hydrogen-bond donors (Lipinski definition) is 2. The number of rotatable bonds is 3. The van der Waals surface area contributed by atoms with Gasteiger partial charge in [0.1, 0.15) is 11.9 Å². The second-order valence-electron chi connectivity index (χ2n) is 3.40. The molecule has 0 atom stereocenters. The molecule has 3 N–H and O–H groups in total. The summed E-state index contributed by atoms with van der Waals surface area (Å²) in [4.78, 5) is 0. The summed E-state index contributed by atoms with van der Waals surface area (Å²) < 4.78 is 11.5. The van der Waals surface area contributed by atoms with Gasteiger partial charge in [0.2, 0.25) is 0 Å². The van der Waals surface area contributed by atoms with Crippen LogP contribution in [0.1, 0.15) is 5.56 Å². The predicted octanol–water partition coefficient (Wildman–Crippen LogP) is 1.32. The van der Waals surface area contributed by atoms with E-state index in [0.29, 0.717) is 24.5 Å². The zero-order chi connectivity index (χ0) is 11.5. The standard InChI is InChI=1S/C10H11BrN2O3/c11-6-1-2-8(10(12)13-14)9(3-6)16-7-4-15-5-7/h1-3,7,14H,4-5H2,(H2,12,13). The van der Waals surface area contributed by atoms with Crippen molar-refractivity contribution in [3.8, 4) is 5.75 Å². The molecule has 16 heavy (non-hydrogen) atoms. The van der Waals surface area contributed by atoms with Gasteiger partial charge in [-0.25, -0.2) is 0 Å². The third kappa shape index (κ3) is 2.28. The molecule has 0 unspecified atom stereocenters. The van der Waals surface area contributed by atoms with Gasteiger partial charge in [0.15, 0.2) is 5.84 Å². The summed E-state index contributed by atoms with van der Waals surface area (Å²) in [5.74, 6) is 0.612. The fourth-order valence-corrected chi connectivity index (χ4v) is 1.66. The van der Waals surface area contributed by atoms with Crippen molar-refractivity contribution in [2.45, 2.75) is 6.10 Å². The Kier molecular flexibility index (Phi) is 3.31. The van der Waals surface area contributed by atoms with Gasteiger partial charge >= 0.3 is 0 Å². The maximum Gasteiger partial charge on any atom is 0.173 e. The van der Waals surface area contributed by atoms with Gasteiger partial charge in [0.05, 0.1) is 18.8 Å². The quantitative estimate of drug-likeness (QED) is 0.380. The summed E-state index contributed by atoms with van der Waals surface area (Å²) in [5.41, 5.74) is 6.12. The average Bonchev–Trinajstić information content (AvgIpc) is 2.22. The van der Waals surface area contributed by atoms with E-state index in [0.717, 1.165) is 4.47 Å². The minimum Gasteiger partial charge on any atom is -0.485 e. The minimum atomic E-state index is 0.0303. The zero-order valence-electron chi connectivity index (χ0n) is 8.39. The van der Waals surface area contributed by atoms with Gasteiger partial charge in [-0.1, -0.05) is 21.1 Å². The molecule has 1 fully saturated rings. The molecule has 0 radical (unpaired) electrons. The monoisotopic (exact) mass is 286 g/mol. The van der Waals surface area contributed by atoms with Crippen LogP contribution in [0.2, 0.25) is 0 Å². The fourth-order valence-electron chi connectivity index (χ4n) is 1.32. The molecule has 2 rings (SSSR count). The third-order valence-electron chi connectivity index (χ3n) is 2.23. The van der Waals surface area contributed by atoms with Gasteiger partial charge in [-0.15, -0.1) is 0 Å². The van der Waals surface area contributed by atoms with Crippen molar-refractivity contribution >= 4 is 21.8 Å². The zero-order valence-corrected chi connectivity index (χ0v) is 9.98. The molecule has 1 aliphatic heterocycles. The maximum atomic E-state index is 8.66. The van der Waals surface area contributed by atoms with Gasteiger partial charge < -0.3 is 20.4 Å². The molecule has 0 bridgehead atoms. The lowest BCUT2D eigenvalue weighted by Crippen LogP contribution is -2.39. The highest BCUT2D eigenvalue weighted by atomic mass is 79.9. The highest BCUT2D eigenvalue weighted by molar-refractivity contribution is 9.10. The Hall–Kier alpha value is -1.27. The molecule has 1 aliphatic rings. The molecule has 0 aliphatic carbocycles. The first-order valence-corrected chi connectivity index (χ1v) is 5.52. The first-order chi connectivity index (χ1) is 7.70. The topological polar surface area (TPSA) is 77.1 Å². The SMILES string of the molecule is N/C(=N/O)c1ccc(Br)cc1OC1COC1. The average molecular weight is 287 g/mol. The molecule has 0 saturated carbocycles. The summed E-state index contributed by atoms with van der Waals surface area (Å²) >= 11 is 3.34. The lowest BCUT2D eigenvalue weighted by atomic mass is 10.2. The van der Waals surface area contributed by atoms with E-state index < -0.39 is 0 Å². The second-order valence-corrected chi connectivity index (χ2v) is 4.32. The Morgan fingerprint density at radius 2 is 2.31 bits per heavy atom. The largest absolute Gasteiger partial charge is 0.485 e. The Balaban J connectivity index is 2.28. The van der Waals surface area contributed by atoms with E-state index >= 15 is 0 Å². The fraction of sp³-hybridized carbons (Fsp3) is 0.300. The smallest absolute Gasteiger partial charge is 0.173 e. The molecule has 1 heterocycles. The van der Waals surface area contributed by atoms with E-state index in [-0.39, 0.29) is 11.9 Å². The van der Waals surface area contributed by atoms with Gasteiger partial charge in [-0.3, -0.25) is 0 Å². The van der Waals surface area contributed by atoms with Crippen LogP contribution < -0.4 is 10.5 Å². The number of nitrogens with zero attached hydrogens (tertiary/aromatic N) is 1. The van der Waals surface area contributed by atoms with Crippen LogP contribution in [-0.2, 0) is 4.74 Å².